The molecule has 0 saturated heterocycles. The average Bonchev–Trinajstić information content (AvgIpc) is 2.33. The maximum Gasteiger partial charge on any atom is 0.264 e. The number of nitrogens with one attached hydrogen (secondary N) is 1. The van der Waals surface area contributed by atoms with Crippen LogP contribution in [0.2, 0.25) is 0 Å². The van der Waals surface area contributed by atoms with Gasteiger partial charge < -0.3 is 5.73 Å². The molecular formula is C13H12F2N2O2S. The zero-order valence-corrected chi connectivity index (χ0v) is 11.3. The molecule has 2 rings (SSSR count). The maximum atomic E-state index is 13.6. The summed E-state index contributed by atoms with van der Waals surface area (Å²) < 4.78 is 52.8. The minimum absolute atomic E-state index is 0.177. The predicted octanol–water partition coefficient (Wildman–Crippen LogP) is 2.66. The lowest BCUT2D eigenvalue weighted by Crippen LogP contribution is -2.16. The normalized spacial score (nSPS) is 11.3. The first-order valence-electron chi connectivity index (χ1n) is 5.64. The minimum atomic E-state index is -4.18. The van der Waals surface area contributed by atoms with Crippen LogP contribution in [0.4, 0.5) is 20.2 Å². The second kappa shape index (κ2) is 5.09. The van der Waals surface area contributed by atoms with Gasteiger partial charge in [-0.15, -0.1) is 0 Å². The molecule has 0 atom stereocenters. The third kappa shape index (κ3) is 2.72. The zero-order valence-electron chi connectivity index (χ0n) is 10.5. The van der Waals surface area contributed by atoms with Crippen molar-refractivity contribution in [3.8, 4) is 0 Å². The molecule has 3 N–H and O–H groups in total. The Balaban J connectivity index is 2.46. The zero-order chi connectivity index (χ0) is 14.9. The van der Waals surface area contributed by atoms with Gasteiger partial charge in [-0.2, -0.15) is 0 Å². The van der Waals surface area contributed by atoms with E-state index in [9.17, 15) is 17.2 Å². The molecule has 0 amide bonds. The van der Waals surface area contributed by atoms with E-state index in [2.05, 4.69) is 4.72 Å². The van der Waals surface area contributed by atoms with Gasteiger partial charge in [0.1, 0.15) is 16.5 Å². The van der Waals surface area contributed by atoms with Crippen molar-refractivity contribution in [2.45, 2.75) is 11.8 Å². The highest BCUT2D eigenvalue weighted by atomic mass is 32.2. The summed E-state index contributed by atoms with van der Waals surface area (Å²) in [6.45, 7) is 1.66. The number of sulfonamides is 1. The van der Waals surface area contributed by atoms with Crippen molar-refractivity contribution in [2.75, 3.05) is 10.5 Å². The summed E-state index contributed by atoms with van der Waals surface area (Å²) in [6.07, 6.45) is 0. The SMILES string of the molecule is Cc1cccc(N)c1NS(=O)(=O)c1ccc(F)cc1F. The molecule has 0 fully saturated rings. The van der Waals surface area contributed by atoms with E-state index in [0.717, 1.165) is 12.1 Å². The molecule has 0 unspecified atom stereocenters. The molecule has 0 saturated carbocycles. The maximum absolute atomic E-state index is 13.6. The lowest BCUT2D eigenvalue weighted by Gasteiger charge is -2.13. The van der Waals surface area contributed by atoms with E-state index < -0.39 is 26.6 Å². The summed E-state index contributed by atoms with van der Waals surface area (Å²) in [6, 6.07) is 7.10. The van der Waals surface area contributed by atoms with Crippen LogP contribution in [0.3, 0.4) is 0 Å². The number of benzene rings is 2. The van der Waals surface area contributed by atoms with Crippen LogP contribution in [0, 0.1) is 18.6 Å². The number of nitrogens with two attached hydrogens (primary N) is 1. The van der Waals surface area contributed by atoms with Gasteiger partial charge in [0, 0.05) is 6.07 Å². The predicted molar refractivity (Wildman–Crippen MR) is 72.8 cm³/mol. The summed E-state index contributed by atoms with van der Waals surface area (Å²) in [5, 5.41) is 0. The summed E-state index contributed by atoms with van der Waals surface area (Å²) in [5.74, 6) is -2.01. The number of hydrogen-bond acceptors (Lipinski definition) is 3. The Kier molecular flexibility index (Phi) is 3.63. The molecule has 2 aromatic rings. The van der Waals surface area contributed by atoms with Gasteiger partial charge in [0.25, 0.3) is 10.0 Å². The molecule has 0 bridgehead atoms. The van der Waals surface area contributed by atoms with Crippen LogP contribution >= 0.6 is 0 Å². The summed E-state index contributed by atoms with van der Waals surface area (Å²) >= 11 is 0. The second-order valence-electron chi connectivity index (χ2n) is 4.22. The van der Waals surface area contributed by atoms with Crippen molar-refractivity contribution in [3.63, 3.8) is 0 Å². The molecule has 2 aromatic carbocycles. The number of rotatable bonds is 3. The Morgan fingerprint density at radius 1 is 1.15 bits per heavy atom. The fourth-order valence-corrected chi connectivity index (χ4v) is 2.93. The Labute approximate surface area is 115 Å². The average molecular weight is 298 g/mol. The fourth-order valence-electron chi connectivity index (χ4n) is 1.71. The van der Waals surface area contributed by atoms with Crippen LogP contribution in [0.15, 0.2) is 41.3 Å². The topological polar surface area (TPSA) is 72.2 Å². The second-order valence-corrected chi connectivity index (χ2v) is 5.87. The van der Waals surface area contributed by atoms with E-state index in [1.807, 2.05) is 0 Å². The number of nitrogen functional groups attached to an aromatic ring is 1. The molecule has 0 aliphatic carbocycles. The van der Waals surface area contributed by atoms with Crippen molar-refractivity contribution in [1.82, 2.24) is 0 Å². The van der Waals surface area contributed by atoms with Crippen LogP contribution in [-0.4, -0.2) is 8.42 Å². The molecule has 4 nitrogen and oxygen atoms in total. The van der Waals surface area contributed by atoms with E-state index >= 15 is 0 Å². The van der Waals surface area contributed by atoms with Gasteiger partial charge in [0.15, 0.2) is 0 Å². The highest BCUT2D eigenvalue weighted by Crippen LogP contribution is 2.26. The van der Waals surface area contributed by atoms with Crippen molar-refractivity contribution in [2.24, 2.45) is 0 Å². The van der Waals surface area contributed by atoms with Gasteiger partial charge in [0.2, 0.25) is 0 Å². The van der Waals surface area contributed by atoms with Crippen LogP contribution in [0.25, 0.3) is 0 Å². The smallest absolute Gasteiger partial charge is 0.264 e. The highest BCUT2D eigenvalue weighted by molar-refractivity contribution is 7.92. The Hall–Kier alpha value is -2.15. The molecular weight excluding hydrogens is 286 g/mol. The molecule has 0 aromatic heterocycles. The van der Waals surface area contributed by atoms with E-state index in [0.29, 0.717) is 11.6 Å². The van der Waals surface area contributed by atoms with Crippen molar-refractivity contribution in [1.29, 1.82) is 0 Å². The Bertz CT molecular complexity index is 741. The number of para-hydroxylation sites is 1. The van der Waals surface area contributed by atoms with Gasteiger partial charge in [-0.1, -0.05) is 12.1 Å². The van der Waals surface area contributed by atoms with E-state index in [-0.39, 0.29) is 11.4 Å². The van der Waals surface area contributed by atoms with Gasteiger partial charge in [-0.25, -0.2) is 17.2 Å². The molecule has 7 heteroatoms. The molecule has 0 aliphatic rings. The van der Waals surface area contributed by atoms with E-state index in [1.54, 1.807) is 19.1 Å². The highest BCUT2D eigenvalue weighted by Gasteiger charge is 2.21. The molecule has 0 radical (unpaired) electrons. The van der Waals surface area contributed by atoms with E-state index in [4.69, 9.17) is 5.73 Å². The molecule has 106 valence electrons. The minimum Gasteiger partial charge on any atom is -0.397 e. The van der Waals surface area contributed by atoms with Crippen molar-refractivity contribution < 1.29 is 17.2 Å². The Morgan fingerprint density at radius 2 is 1.85 bits per heavy atom. The third-order valence-electron chi connectivity index (χ3n) is 2.72. The standard InChI is InChI=1S/C13H12F2N2O2S/c1-8-3-2-4-11(16)13(8)17-20(18,19)12-6-5-9(14)7-10(12)15/h2-7,17H,16H2,1H3. The van der Waals surface area contributed by atoms with Gasteiger partial charge in [-0.3, -0.25) is 4.72 Å². The van der Waals surface area contributed by atoms with Crippen LogP contribution < -0.4 is 10.5 Å². The summed E-state index contributed by atoms with van der Waals surface area (Å²) in [4.78, 5) is -0.637. The number of anilines is 2. The van der Waals surface area contributed by atoms with Crippen LogP contribution in [0.5, 0.6) is 0 Å². The molecule has 0 heterocycles. The van der Waals surface area contributed by atoms with Crippen LogP contribution in [-0.2, 0) is 10.0 Å². The first-order chi connectivity index (χ1) is 9.31. The first-order valence-corrected chi connectivity index (χ1v) is 7.12. The summed E-state index contributed by atoms with van der Waals surface area (Å²) in [5.41, 5.74) is 6.68. The lowest BCUT2D eigenvalue weighted by molar-refractivity contribution is 0.551. The largest absolute Gasteiger partial charge is 0.397 e. The van der Waals surface area contributed by atoms with Crippen molar-refractivity contribution >= 4 is 21.4 Å². The summed E-state index contributed by atoms with van der Waals surface area (Å²) in [7, 11) is -4.18. The monoisotopic (exact) mass is 298 g/mol. The molecule has 0 aliphatic heterocycles. The lowest BCUT2D eigenvalue weighted by atomic mass is 10.2. The molecule has 0 spiro atoms. The quantitative estimate of drug-likeness (QED) is 0.856. The number of halogens is 2. The third-order valence-corrected chi connectivity index (χ3v) is 4.11. The van der Waals surface area contributed by atoms with Gasteiger partial charge in [0.05, 0.1) is 11.4 Å². The number of aryl methyl sites for hydroxylation is 1. The first kappa shape index (κ1) is 14.3. The molecule has 20 heavy (non-hydrogen) atoms. The van der Waals surface area contributed by atoms with E-state index in [1.165, 1.54) is 6.07 Å². The fraction of sp³-hybridized carbons (Fsp3) is 0.0769. The Morgan fingerprint density at radius 3 is 2.45 bits per heavy atom. The van der Waals surface area contributed by atoms with Crippen molar-refractivity contribution in [3.05, 3.63) is 53.6 Å². The van der Waals surface area contributed by atoms with Crippen LogP contribution in [0.1, 0.15) is 5.56 Å². The number of hydrogen-bond donors (Lipinski definition) is 2. The van der Waals surface area contributed by atoms with Gasteiger partial charge >= 0.3 is 0 Å². The van der Waals surface area contributed by atoms with Gasteiger partial charge in [-0.05, 0) is 30.7 Å².